The molecule has 0 aliphatic carbocycles. The van der Waals surface area contributed by atoms with Crippen LogP contribution in [0.3, 0.4) is 0 Å². The molecule has 0 spiro atoms. The lowest BCUT2D eigenvalue weighted by atomic mass is 10.1. The Morgan fingerprint density at radius 3 is 2.56 bits per heavy atom. The maximum absolute atomic E-state index is 4.82. The second-order valence-electron chi connectivity index (χ2n) is 4.87. The number of hydrogen-bond donors (Lipinski definition) is 1. The summed E-state index contributed by atoms with van der Waals surface area (Å²) in [4.78, 5) is 6.15. The van der Waals surface area contributed by atoms with Crippen molar-refractivity contribution in [3.8, 4) is 11.3 Å². The van der Waals surface area contributed by atoms with Crippen LogP contribution in [0, 0.1) is 5.92 Å². The Morgan fingerprint density at radius 2 is 1.94 bits per heavy atom. The van der Waals surface area contributed by atoms with Crippen molar-refractivity contribution < 1.29 is 0 Å². The summed E-state index contributed by atoms with van der Waals surface area (Å²) < 4.78 is 0. The molecule has 18 heavy (non-hydrogen) atoms. The SMILES string of the molecule is CNCc1sc(CC(C)C)nc1-c1ccccc1. The molecule has 0 unspecified atom stereocenters. The summed E-state index contributed by atoms with van der Waals surface area (Å²) in [5.41, 5.74) is 2.36. The minimum absolute atomic E-state index is 0.655. The van der Waals surface area contributed by atoms with Gasteiger partial charge in [-0.15, -0.1) is 11.3 Å². The average molecular weight is 260 g/mol. The summed E-state index contributed by atoms with van der Waals surface area (Å²) in [5.74, 6) is 0.655. The quantitative estimate of drug-likeness (QED) is 0.886. The van der Waals surface area contributed by atoms with E-state index in [0.29, 0.717) is 5.92 Å². The highest BCUT2D eigenvalue weighted by molar-refractivity contribution is 7.12. The van der Waals surface area contributed by atoms with Gasteiger partial charge in [0.1, 0.15) is 0 Å². The zero-order chi connectivity index (χ0) is 13.0. The first-order valence-electron chi connectivity index (χ1n) is 6.39. The molecule has 2 rings (SSSR count). The van der Waals surface area contributed by atoms with Crippen molar-refractivity contribution in [2.75, 3.05) is 7.05 Å². The minimum atomic E-state index is 0.655. The van der Waals surface area contributed by atoms with Gasteiger partial charge in [-0.05, 0) is 13.0 Å². The molecule has 0 fully saturated rings. The monoisotopic (exact) mass is 260 g/mol. The van der Waals surface area contributed by atoms with Gasteiger partial charge in [-0.25, -0.2) is 4.98 Å². The van der Waals surface area contributed by atoms with E-state index in [-0.39, 0.29) is 0 Å². The second kappa shape index (κ2) is 6.12. The van der Waals surface area contributed by atoms with Crippen molar-refractivity contribution in [2.24, 2.45) is 5.92 Å². The number of aromatic nitrogens is 1. The molecule has 0 atom stereocenters. The first-order valence-corrected chi connectivity index (χ1v) is 7.21. The van der Waals surface area contributed by atoms with E-state index < -0.39 is 0 Å². The molecule has 0 aliphatic rings. The Hall–Kier alpha value is -1.19. The van der Waals surface area contributed by atoms with E-state index in [0.717, 1.165) is 18.7 Å². The van der Waals surface area contributed by atoms with Crippen LogP contribution in [0.5, 0.6) is 0 Å². The van der Waals surface area contributed by atoms with Gasteiger partial charge in [0.15, 0.2) is 0 Å². The van der Waals surface area contributed by atoms with Gasteiger partial charge in [0.05, 0.1) is 10.7 Å². The van der Waals surface area contributed by atoms with Crippen LogP contribution in [0.15, 0.2) is 30.3 Å². The zero-order valence-corrected chi connectivity index (χ0v) is 12.1. The van der Waals surface area contributed by atoms with Gasteiger partial charge in [-0.1, -0.05) is 44.2 Å². The molecule has 2 aromatic rings. The molecule has 1 aromatic heterocycles. The largest absolute Gasteiger partial charge is 0.315 e. The zero-order valence-electron chi connectivity index (χ0n) is 11.2. The standard InChI is InChI=1S/C15H20N2S/c1-11(2)9-14-17-15(13(18-14)10-16-3)12-7-5-4-6-8-12/h4-8,11,16H,9-10H2,1-3H3. The summed E-state index contributed by atoms with van der Waals surface area (Å²) in [7, 11) is 1.98. The predicted octanol–water partition coefficient (Wildman–Crippen LogP) is 3.73. The number of thiazole rings is 1. The summed E-state index contributed by atoms with van der Waals surface area (Å²) in [6.45, 7) is 5.36. The van der Waals surface area contributed by atoms with E-state index in [9.17, 15) is 0 Å². The van der Waals surface area contributed by atoms with Crippen LogP contribution in [-0.2, 0) is 13.0 Å². The van der Waals surface area contributed by atoms with Crippen molar-refractivity contribution in [3.05, 3.63) is 40.2 Å². The van der Waals surface area contributed by atoms with Gasteiger partial charge >= 0.3 is 0 Å². The van der Waals surface area contributed by atoms with Crippen molar-refractivity contribution in [1.82, 2.24) is 10.3 Å². The van der Waals surface area contributed by atoms with Crippen molar-refractivity contribution in [1.29, 1.82) is 0 Å². The number of hydrogen-bond acceptors (Lipinski definition) is 3. The third-order valence-corrected chi connectivity index (χ3v) is 3.79. The van der Waals surface area contributed by atoms with Crippen LogP contribution in [-0.4, -0.2) is 12.0 Å². The second-order valence-corrected chi connectivity index (χ2v) is 6.04. The Balaban J connectivity index is 2.35. The van der Waals surface area contributed by atoms with E-state index in [1.54, 1.807) is 0 Å². The highest BCUT2D eigenvalue weighted by atomic mass is 32.1. The number of nitrogens with zero attached hydrogens (tertiary/aromatic N) is 1. The van der Waals surface area contributed by atoms with Crippen LogP contribution in [0.25, 0.3) is 11.3 Å². The number of benzene rings is 1. The Labute approximate surface area is 113 Å². The van der Waals surface area contributed by atoms with E-state index in [1.165, 1.54) is 15.4 Å². The van der Waals surface area contributed by atoms with Gasteiger partial charge in [0.25, 0.3) is 0 Å². The molecule has 96 valence electrons. The van der Waals surface area contributed by atoms with Gasteiger partial charge in [0.2, 0.25) is 0 Å². The smallest absolute Gasteiger partial charge is 0.0938 e. The fraction of sp³-hybridized carbons (Fsp3) is 0.400. The fourth-order valence-electron chi connectivity index (χ4n) is 1.94. The van der Waals surface area contributed by atoms with Crippen molar-refractivity contribution in [2.45, 2.75) is 26.8 Å². The molecule has 1 N–H and O–H groups in total. The molecule has 0 aliphatic heterocycles. The Morgan fingerprint density at radius 1 is 1.22 bits per heavy atom. The van der Waals surface area contributed by atoms with Gasteiger partial charge in [0, 0.05) is 23.4 Å². The lowest BCUT2D eigenvalue weighted by Crippen LogP contribution is -2.04. The van der Waals surface area contributed by atoms with Crippen LogP contribution >= 0.6 is 11.3 Å². The third-order valence-electron chi connectivity index (χ3n) is 2.71. The predicted molar refractivity (Wildman–Crippen MR) is 78.9 cm³/mol. The van der Waals surface area contributed by atoms with Gasteiger partial charge in [-0.3, -0.25) is 0 Å². The summed E-state index contributed by atoms with van der Waals surface area (Å²) in [6, 6.07) is 10.4. The molecule has 2 nitrogen and oxygen atoms in total. The average Bonchev–Trinajstić information content (AvgIpc) is 2.73. The van der Waals surface area contributed by atoms with Crippen LogP contribution < -0.4 is 5.32 Å². The topological polar surface area (TPSA) is 24.9 Å². The highest BCUT2D eigenvalue weighted by Crippen LogP contribution is 2.29. The van der Waals surface area contributed by atoms with E-state index in [1.807, 2.05) is 24.5 Å². The highest BCUT2D eigenvalue weighted by Gasteiger charge is 2.13. The van der Waals surface area contributed by atoms with Crippen LogP contribution in [0.2, 0.25) is 0 Å². The summed E-state index contributed by atoms with van der Waals surface area (Å²) in [6.07, 6.45) is 1.06. The first kappa shape index (κ1) is 13.2. The van der Waals surface area contributed by atoms with Crippen molar-refractivity contribution in [3.63, 3.8) is 0 Å². The van der Waals surface area contributed by atoms with Gasteiger partial charge < -0.3 is 5.32 Å². The maximum atomic E-state index is 4.82. The molecule has 0 saturated heterocycles. The summed E-state index contributed by atoms with van der Waals surface area (Å²) in [5, 5.41) is 4.48. The fourth-order valence-corrected chi connectivity index (χ4v) is 3.25. The van der Waals surface area contributed by atoms with Gasteiger partial charge in [-0.2, -0.15) is 0 Å². The molecule has 3 heteroatoms. The molecule has 0 radical (unpaired) electrons. The molecule has 0 bridgehead atoms. The minimum Gasteiger partial charge on any atom is -0.315 e. The lowest BCUT2D eigenvalue weighted by Gasteiger charge is -2.01. The third kappa shape index (κ3) is 3.18. The number of rotatable bonds is 5. The normalized spacial score (nSPS) is 11.1. The van der Waals surface area contributed by atoms with E-state index in [2.05, 4.69) is 43.4 Å². The Kier molecular flexibility index (Phi) is 4.50. The molecule has 0 amide bonds. The first-order chi connectivity index (χ1) is 8.70. The van der Waals surface area contributed by atoms with E-state index >= 15 is 0 Å². The molecular weight excluding hydrogens is 240 g/mol. The molecule has 1 heterocycles. The van der Waals surface area contributed by atoms with Crippen molar-refractivity contribution >= 4 is 11.3 Å². The molecule has 1 aromatic carbocycles. The Bertz CT molecular complexity index is 488. The summed E-state index contributed by atoms with van der Waals surface area (Å²) >= 11 is 1.83. The maximum Gasteiger partial charge on any atom is 0.0938 e. The molecule has 0 saturated carbocycles. The molecular formula is C15H20N2S. The van der Waals surface area contributed by atoms with Crippen LogP contribution in [0.4, 0.5) is 0 Å². The lowest BCUT2D eigenvalue weighted by molar-refractivity contribution is 0.645. The van der Waals surface area contributed by atoms with Crippen LogP contribution in [0.1, 0.15) is 23.7 Å². The van der Waals surface area contributed by atoms with E-state index in [4.69, 9.17) is 4.98 Å². The number of nitrogens with one attached hydrogen (secondary N) is 1.